The molecule has 0 atom stereocenters. The summed E-state index contributed by atoms with van der Waals surface area (Å²) in [7, 11) is 1.87. The number of pyridine rings is 1. The zero-order chi connectivity index (χ0) is 16.6. The smallest absolute Gasteiger partial charge is 0.131 e. The molecule has 3 aromatic rings. The molecule has 0 spiro atoms. The topological polar surface area (TPSA) is 74.2 Å². The largest absolute Gasteiger partial charge is 0.410 e. The molecule has 7 heteroatoms. The van der Waals surface area contributed by atoms with Crippen molar-refractivity contribution in [1.29, 1.82) is 5.26 Å². The highest BCUT2D eigenvalue weighted by Gasteiger charge is 2.14. The van der Waals surface area contributed by atoms with Gasteiger partial charge in [-0.25, -0.2) is 4.98 Å². The second kappa shape index (κ2) is 5.92. The molecule has 23 heavy (non-hydrogen) atoms. The second-order valence-corrected chi connectivity index (χ2v) is 5.72. The van der Waals surface area contributed by atoms with Crippen molar-refractivity contribution in [2.45, 2.75) is 0 Å². The van der Waals surface area contributed by atoms with E-state index in [0.29, 0.717) is 22.4 Å². The van der Waals surface area contributed by atoms with E-state index in [9.17, 15) is 10.5 Å². The van der Waals surface area contributed by atoms with Gasteiger partial charge in [0.15, 0.2) is 0 Å². The average Bonchev–Trinajstić information content (AvgIpc) is 2.83. The maximum Gasteiger partial charge on any atom is 0.131 e. The fourth-order valence-electron chi connectivity index (χ4n) is 2.51. The van der Waals surface area contributed by atoms with Crippen LogP contribution in [-0.4, -0.2) is 20.5 Å². The summed E-state index contributed by atoms with van der Waals surface area (Å²) >= 11 is 11.8. The van der Waals surface area contributed by atoms with Crippen molar-refractivity contribution in [3.8, 4) is 6.07 Å². The Labute approximate surface area is 142 Å². The molecular weight excluding hydrogens is 335 g/mol. The lowest BCUT2D eigenvalue weighted by Crippen LogP contribution is -2.04. The number of nitrogens with zero attached hydrogens (tertiary/aromatic N) is 4. The molecule has 0 fully saturated rings. The summed E-state index contributed by atoms with van der Waals surface area (Å²) in [5, 5.41) is 23.2. The maximum absolute atomic E-state index is 9.43. The molecule has 5 nitrogen and oxygen atoms in total. The van der Waals surface area contributed by atoms with Crippen LogP contribution in [0.4, 0.5) is 0 Å². The van der Waals surface area contributed by atoms with Crippen LogP contribution in [0.5, 0.6) is 0 Å². The third-order valence-corrected chi connectivity index (χ3v) is 3.91. The Morgan fingerprint density at radius 2 is 1.91 bits per heavy atom. The minimum Gasteiger partial charge on any atom is -0.410 e. The third-order valence-electron chi connectivity index (χ3n) is 3.52. The molecule has 0 aliphatic rings. The number of aromatic nitrogens is 2. The van der Waals surface area contributed by atoms with Gasteiger partial charge < -0.3 is 9.77 Å². The van der Waals surface area contributed by atoms with Crippen LogP contribution in [0.1, 0.15) is 16.7 Å². The lowest BCUT2D eigenvalue weighted by Gasteiger charge is -2.07. The predicted octanol–water partition coefficient (Wildman–Crippen LogP) is 3.98. The number of fused-ring (bicyclic) bond motifs is 1. The first kappa shape index (κ1) is 15.3. The van der Waals surface area contributed by atoms with E-state index in [1.54, 1.807) is 30.5 Å². The van der Waals surface area contributed by atoms with Gasteiger partial charge in [0.05, 0.1) is 5.56 Å². The minimum absolute atomic E-state index is 0.201. The number of aryl methyl sites for hydroxylation is 1. The number of benzene rings is 1. The molecular formula is C16H10Cl2N4O. The molecule has 0 bridgehead atoms. The summed E-state index contributed by atoms with van der Waals surface area (Å²) < 4.78 is 1.87. The Morgan fingerprint density at radius 1 is 1.22 bits per heavy atom. The molecule has 2 aromatic heterocycles. The van der Waals surface area contributed by atoms with Gasteiger partial charge in [0.1, 0.15) is 22.1 Å². The Kier molecular flexibility index (Phi) is 3.95. The van der Waals surface area contributed by atoms with E-state index in [1.807, 2.05) is 17.7 Å². The second-order valence-electron chi connectivity index (χ2n) is 4.95. The van der Waals surface area contributed by atoms with Crippen LogP contribution in [0.15, 0.2) is 41.7 Å². The highest BCUT2D eigenvalue weighted by Crippen LogP contribution is 2.24. The number of rotatable bonds is 2. The molecule has 0 unspecified atom stereocenters. The summed E-state index contributed by atoms with van der Waals surface area (Å²) in [6.07, 6.45) is 1.75. The van der Waals surface area contributed by atoms with Crippen LogP contribution >= 0.6 is 23.2 Å². The van der Waals surface area contributed by atoms with Gasteiger partial charge in [0, 0.05) is 35.3 Å². The van der Waals surface area contributed by atoms with E-state index in [1.165, 1.54) is 0 Å². The first-order valence-electron chi connectivity index (χ1n) is 6.58. The predicted molar refractivity (Wildman–Crippen MR) is 89.3 cm³/mol. The van der Waals surface area contributed by atoms with Crippen molar-refractivity contribution in [2.24, 2.45) is 12.2 Å². The van der Waals surface area contributed by atoms with E-state index in [-0.39, 0.29) is 10.3 Å². The summed E-state index contributed by atoms with van der Waals surface area (Å²) in [4.78, 5) is 3.87. The van der Waals surface area contributed by atoms with Crippen LogP contribution in [-0.2, 0) is 7.05 Å². The van der Waals surface area contributed by atoms with Gasteiger partial charge in [-0.2, -0.15) is 5.26 Å². The third kappa shape index (κ3) is 2.74. The summed E-state index contributed by atoms with van der Waals surface area (Å²) in [6, 6.07) is 10.7. The van der Waals surface area contributed by atoms with Crippen molar-refractivity contribution in [1.82, 2.24) is 9.55 Å². The molecule has 0 aliphatic carbocycles. The first-order chi connectivity index (χ1) is 11.0. The Bertz CT molecular complexity index is 965. The number of hydrogen-bond donors (Lipinski definition) is 1. The molecule has 0 aliphatic heterocycles. The number of halogens is 2. The van der Waals surface area contributed by atoms with Gasteiger partial charge in [0.2, 0.25) is 0 Å². The molecule has 0 amide bonds. The Morgan fingerprint density at radius 3 is 2.52 bits per heavy atom. The molecule has 1 N–H and O–H groups in total. The van der Waals surface area contributed by atoms with Gasteiger partial charge in [-0.1, -0.05) is 34.4 Å². The van der Waals surface area contributed by atoms with Gasteiger partial charge >= 0.3 is 0 Å². The van der Waals surface area contributed by atoms with Crippen molar-refractivity contribution in [3.05, 3.63) is 63.5 Å². The summed E-state index contributed by atoms with van der Waals surface area (Å²) in [5.41, 5.74) is 2.93. The summed E-state index contributed by atoms with van der Waals surface area (Å²) in [5.74, 6) is 0. The lowest BCUT2D eigenvalue weighted by atomic mass is 10.0. The highest BCUT2D eigenvalue weighted by molar-refractivity contribution is 6.33. The van der Waals surface area contributed by atoms with Crippen molar-refractivity contribution in [2.75, 3.05) is 0 Å². The SMILES string of the molecule is Cn1cc(C#N)c2cc(C(=NO)c3cc(Cl)nc(Cl)c3)ccc21. The Hall–Kier alpha value is -2.55. The minimum atomic E-state index is 0.201. The summed E-state index contributed by atoms with van der Waals surface area (Å²) in [6.45, 7) is 0. The molecule has 2 heterocycles. The average molecular weight is 345 g/mol. The highest BCUT2D eigenvalue weighted by atomic mass is 35.5. The van der Waals surface area contributed by atoms with Gasteiger partial charge in [0.25, 0.3) is 0 Å². The van der Waals surface area contributed by atoms with Crippen molar-refractivity contribution >= 4 is 39.8 Å². The van der Waals surface area contributed by atoms with E-state index >= 15 is 0 Å². The quantitative estimate of drug-likeness (QED) is 0.330. The van der Waals surface area contributed by atoms with Crippen LogP contribution in [0.3, 0.4) is 0 Å². The lowest BCUT2D eigenvalue weighted by molar-refractivity contribution is 0.319. The maximum atomic E-state index is 9.43. The molecule has 3 rings (SSSR count). The van der Waals surface area contributed by atoms with E-state index in [2.05, 4.69) is 16.2 Å². The normalized spacial score (nSPS) is 11.7. The van der Waals surface area contributed by atoms with Crippen LogP contribution < -0.4 is 0 Å². The van der Waals surface area contributed by atoms with Gasteiger partial charge in [-0.15, -0.1) is 0 Å². The number of oxime groups is 1. The fourth-order valence-corrected chi connectivity index (χ4v) is 2.97. The van der Waals surface area contributed by atoms with Gasteiger partial charge in [-0.3, -0.25) is 0 Å². The van der Waals surface area contributed by atoms with Gasteiger partial charge in [-0.05, 0) is 24.3 Å². The standard InChI is InChI=1S/C16H10Cl2N4O/c1-22-8-11(7-19)12-4-9(2-3-13(12)22)16(21-23)10-5-14(17)20-15(18)6-10/h2-6,8,23H,1H3. The molecule has 0 saturated carbocycles. The van der Waals surface area contributed by atoms with Crippen LogP contribution in [0, 0.1) is 11.3 Å². The molecule has 0 radical (unpaired) electrons. The van der Waals surface area contributed by atoms with E-state index in [4.69, 9.17) is 23.2 Å². The van der Waals surface area contributed by atoms with Crippen molar-refractivity contribution in [3.63, 3.8) is 0 Å². The number of nitriles is 1. The van der Waals surface area contributed by atoms with Crippen LogP contribution in [0.2, 0.25) is 10.3 Å². The molecule has 1 aromatic carbocycles. The van der Waals surface area contributed by atoms with E-state index < -0.39 is 0 Å². The zero-order valence-electron chi connectivity index (χ0n) is 12.0. The molecule has 114 valence electrons. The van der Waals surface area contributed by atoms with Crippen molar-refractivity contribution < 1.29 is 5.21 Å². The number of hydrogen-bond acceptors (Lipinski definition) is 4. The Balaban J connectivity index is 2.19. The zero-order valence-corrected chi connectivity index (χ0v) is 13.5. The monoisotopic (exact) mass is 344 g/mol. The van der Waals surface area contributed by atoms with Crippen LogP contribution in [0.25, 0.3) is 10.9 Å². The first-order valence-corrected chi connectivity index (χ1v) is 7.34. The van der Waals surface area contributed by atoms with E-state index in [0.717, 1.165) is 10.9 Å². The molecule has 0 saturated heterocycles. The fraction of sp³-hybridized carbons (Fsp3) is 0.0625.